The number of hydrogen-bond acceptors (Lipinski definition) is 5. The van der Waals surface area contributed by atoms with Crippen LogP contribution in [0.1, 0.15) is 27.5 Å². The molecule has 0 bridgehead atoms. The highest BCUT2D eigenvalue weighted by atomic mass is 35.5. The van der Waals surface area contributed by atoms with Gasteiger partial charge in [0.25, 0.3) is 0 Å². The Labute approximate surface area is 172 Å². The number of hydrogen-bond donors (Lipinski definition) is 1. The summed E-state index contributed by atoms with van der Waals surface area (Å²) in [6, 6.07) is 15.3. The minimum atomic E-state index is -0.429. The zero-order valence-corrected chi connectivity index (χ0v) is 16.6. The van der Waals surface area contributed by atoms with Gasteiger partial charge in [-0.15, -0.1) is 0 Å². The van der Waals surface area contributed by atoms with Crippen LogP contribution in [-0.2, 0) is 6.54 Å². The molecular formula is C21H18ClN5O2. The van der Waals surface area contributed by atoms with Gasteiger partial charge in [-0.25, -0.2) is 4.68 Å². The lowest BCUT2D eigenvalue weighted by Crippen LogP contribution is -2.23. The first-order valence-corrected chi connectivity index (χ1v) is 9.38. The number of carbonyl (C=O) groups excluding carboxylic acids is 1. The number of halogens is 1. The summed E-state index contributed by atoms with van der Waals surface area (Å²) >= 11 is 6.24. The van der Waals surface area contributed by atoms with Gasteiger partial charge in [-0.2, -0.15) is 10.1 Å². The molecule has 0 spiro atoms. The normalized spacial score (nSPS) is 10.9. The molecule has 1 N–H and O–H groups in total. The molecule has 0 unspecified atom stereocenters. The molecule has 0 radical (unpaired) electrons. The SMILES string of the molecule is Cc1cccc(CNC(=O)c2nc(-c3cn(-c4ccccc4Cl)nc3C)no2)c1. The molecule has 0 saturated heterocycles. The average Bonchev–Trinajstić information content (AvgIpc) is 3.33. The van der Waals surface area contributed by atoms with E-state index in [-0.39, 0.29) is 5.89 Å². The van der Waals surface area contributed by atoms with Crippen LogP contribution in [0.2, 0.25) is 5.02 Å². The van der Waals surface area contributed by atoms with Crippen molar-refractivity contribution in [2.75, 3.05) is 0 Å². The van der Waals surface area contributed by atoms with Crippen LogP contribution in [-0.4, -0.2) is 25.8 Å². The summed E-state index contributed by atoms with van der Waals surface area (Å²) in [5.41, 5.74) is 4.21. The van der Waals surface area contributed by atoms with Crippen molar-refractivity contribution in [1.29, 1.82) is 0 Å². The fourth-order valence-corrected chi connectivity index (χ4v) is 3.17. The molecule has 4 aromatic rings. The van der Waals surface area contributed by atoms with Gasteiger partial charge in [0.15, 0.2) is 0 Å². The van der Waals surface area contributed by atoms with Crippen LogP contribution in [0.25, 0.3) is 17.1 Å². The van der Waals surface area contributed by atoms with Crippen LogP contribution in [0.15, 0.2) is 59.3 Å². The maximum absolute atomic E-state index is 12.4. The van der Waals surface area contributed by atoms with E-state index in [9.17, 15) is 4.79 Å². The number of aryl methyl sites for hydroxylation is 2. The van der Waals surface area contributed by atoms with Crippen molar-refractivity contribution >= 4 is 17.5 Å². The lowest BCUT2D eigenvalue weighted by molar-refractivity contribution is 0.0907. The molecule has 2 aromatic heterocycles. The Morgan fingerprint density at radius 2 is 2.00 bits per heavy atom. The molecule has 8 heteroatoms. The number of aromatic nitrogens is 4. The third-order valence-corrected chi connectivity index (χ3v) is 4.71. The van der Waals surface area contributed by atoms with Crippen molar-refractivity contribution < 1.29 is 9.32 Å². The van der Waals surface area contributed by atoms with Crippen molar-refractivity contribution in [3.8, 4) is 17.1 Å². The first kappa shape index (κ1) is 18.9. The molecule has 0 saturated carbocycles. The molecular weight excluding hydrogens is 390 g/mol. The van der Waals surface area contributed by atoms with E-state index in [1.165, 1.54) is 0 Å². The molecule has 0 aliphatic heterocycles. The smallest absolute Gasteiger partial charge is 0.316 e. The summed E-state index contributed by atoms with van der Waals surface area (Å²) in [5.74, 6) is -0.236. The fourth-order valence-electron chi connectivity index (χ4n) is 2.95. The zero-order valence-electron chi connectivity index (χ0n) is 15.9. The first-order chi connectivity index (χ1) is 14.0. The number of nitrogens with zero attached hydrogens (tertiary/aromatic N) is 4. The molecule has 29 heavy (non-hydrogen) atoms. The van der Waals surface area contributed by atoms with Gasteiger partial charge >= 0.3 is 11.8 Å². The second-order valence-corrected chi connectivity index (χ2v) is 7.03. The van der Waals surface area contributed by atoms with E-state index >= 15 is 0 Å². The molecule has 0 atom stereocenters. The third kappa shape index (κ3) is 4.05. The maximum atomic E-state index is 12.4. The Balaban J connectivity index is 1.52. The van der Waals surface area contributed by atoms with Gasteiger partial charge in [0.2, 0.25) is 5.82 Å². The highest BCUT2D eigenvalue weighted by molar-refractivity contribution is 6.32. The average molecular weight is 408 g/mol. The minimum absolute atomic E-state index is 0.0995. The number of rotatable bonds is 5. The number of benzene rings is 2. The number of para-hydroxylation sites is 1. The molecule has 2 aromatic carbocycles. The summed E-state index contributed by atoms with van der Waals surface area (Å²) in [5, 5.41) is 11.8. The van der Waals surface area contributed by atoms with Gasteiger partial charge in [0.05, 0.1) is 22.0 Å². The maximum Gasteiger partial charge on any atom is 0.316 e. The lowest BCUT2D eigenvalue weighted by atomic mass is 10.1. The van der Waals surface area contributed by atoms with Crippen LogP contribution in [0.3, 0.4) is 0 Å². The van der Waals surface area contributed by atoms with Crippen LogP contribution in [0.5, 0.6) is 0 Å². The van der Waals surface area contributed by atoms with Gasteiger partial charge < -0.3 is 9.84 Å². The molecule has 0 aliphatic carbocycles. The summed E-state index contributed by atoms with van der Waals surface area (Å²) < 4.78 is 6.80. The van der Waals surface area contributed by atoms with E-state index in [1.54, 1.807) is 16.9 Å². The Kier molecular flexibility index (Phi) is 5.14. The highest BCUT2D eigenvalue weighted by Crippen LogP contribution is 2.24. The number of nitrogens with one attached hydrogen (secondary N) is 1. The van der Waals surface area contributed by atoms with Gasteiger partial charge in [0, 0.05) is 12.7 Å². The molecule has 1 amide bonds. The largest absolute Gasteiger partial charge is 0.344 e. The number of carbonyl (C=O) groups is 1. The quantitative estimate of drug-likeness (QED) is 0.537. The van der Waals surface area contributed by atoms with Gasteiger partial charge in [-0.05, 0) is 31.5 Å². The number of amides is 1. The van der Waals surface area contributed by atoms with Crippen molar-refractivity contribution in [2.45, 2.75) is 20.4 Å². The standard InChI is InChI=1S/C21H18ClN5O2/c1-13-6-5-7-15(10-13)11-23-20(28)21-24-19(26-29-21)16-12-27(25-14(16)2)18-9-4-3-8-17(18)22/h3-10,12H,11H2,1-2H3,(H,23,28). The van der Waals surface area contributed by atoms with Crippen LogP contribution in [0.4, 0.5) is 0 Å². The Morgan fingerprint density at radius 1 is 1.17 bits per heavy atom. The van der Waals surface area contributed by atoms with Crippen molar-refractivity contribution in [2.24, 2.45) is 0 Å². The molecule has 7 nitrogen and oxygen atoms in total. The Morgan fingerprint density at radius 3 is 2.79 bits per heavy atom. The van der Waals surface area contributed by atoms with Crippen molar-refractivity contribution in [1.82, 2.24) is 25.2 Å². The van der Waals surface area contributed by atoms with Gasteiger partial charge in [-0.1, -0.05) is 58.7 Å². The van der Waals surface area contributed by atoms with Crippen LogP contribution < -0.4 is 5.32 Å². The van der Waals surface area contributed by atoms with E-state index in [1.807, 2.05) is 56.3 Å². The van der Waals surface area contributed by atoms with Gasteiger partial charge in [-0.3, -0.25) is 4.79 Å². The van der Waals surface area contributed by atoms with Crippen LogP contribution >= 0.6 is 11.6 Å². The Hall–Kier alpha value is -3.45. The van der Waals surface area contributed by atoms with Crippen LogP contribution in [0, 0.1) is 13.8 Å². The summed E-state index contributed by atoms with van der Waals surface area (Å²) in [4.78, 5) is 16.6. The highest BCUT2D eigenvalue weighted by Gasteiger charge is 2.19. The molecule has 146 valence electrons. The van der Waals surface area contributed by atoms with Crippen molar-refractivity contribution in [3.05, 3.63) is 82.5 Å². The first-order valence-electron chi connectivity index (χ1n) is 9.00. The van der Waals surface area contributed by atoms with E-state index in [0.29, 0.717) is 28.6 Å². The zero-order chi connectivity index (χ0) is 20.4. The van der Waals surface area contributed by atoms with Crippen molar-refractivity contribution in [3.63, 3.8) is 0 Å². The fraction of sp³-hybridized carbons (Fsp3) is 0.143. The van der Waals surface area contributed by atoms with Gasteiger partial charge in [0.1, 0.15) is 0 Å². The minimum Gasteiger partial charge on any atom is -0.344 e. The molecule has 0 aliphatic rings. The van der Waals surface area contributed by atoms with E-state index in [0.717, 1.165) is 16.8 Å². The monoisotopic (exact) mass is 407 g/mol. The summed E-state index contributed by atoms with van der Waals surface area (Å²) in [7, 11) is 0. The van der Waals surface area contributed by atoms with E-state index in [2.05, 4.69) is 20.6 Å². The predicted molar refractivity (Wildman–Crippen MR) is 109 cm³/mol. The second kappa shape index (κ2) is 7.89. The predicted octanol–water partition coefficient (Wildman–Crippen LogP) is 4.12. The molecule has 2 heterocycles. The Bertz CT molecular complexity index is 1180. The van der Waals surface area contributed by atoms with E-state index < -0.39 is 5.91 Å². The lowest BCUT2D eigenvalue weighted by Gasteiger charge is -2.03. The topological polar surface area (TPSA) is 85.8 Å². The summed E-state index contributed by atoms with van der Waals surface area (Å²) in [6.07, 6.45) is 1.76. The van der Waals surface area contributed by atoms with E-state index in [4.69, 9.17) is 16.1 Å². The third-order valence-electron chi connectivity index (χ3n) is 4.39. The molecule has 4 rings (SSSR count). The summed E-state index contributed by atoms with van der Waals surface area (Å²) in [6.45, 7) is 4.21. The second-order valence-electron chi connectivity index (χ2n) is 6.62. The molecule has 0 fully saturated rings.